The molecule has 28 heavy (non-hydrogen) atoms. The van der Waals surface area contributed by atoms with Crippen molar-refractivity contribution < 1.29 is 14.3 Å². The second-order valence-electron chi connectivity index (χ2n) is 6.46. The lowest BCUT2D eigenvalue weighted by molar-refractivity contribution is 0.0997. The maximum atomic E-state index is 13.0. The smallest absolute Gasteiger partial charge is 0.182 e. The first-order valence-electron chi connectivity index (χ1n) is 9.02. The molecule has 5 nitrogen and oxygen atoms in total. The fourth-order valence-electron chi connectivity index (χ4n) is 3.10. The first kappa shape index (κ1) is 18.3. The minimum atomic E-state index is -0.0235. The maximum absolute atomic E-state index is 13.0. The lowest BCUT2D eigenvalue weighted by atomic mass is 10.1. The van der Waals surface area contributed by atoms with Crippen LogP contribution in [0.3, 0.4) is 0 Å². The van der Waals surface area contributed by atoms with Crippen molar-refractivity contribution in [2.75, 3.05) is 24.7 Å². The van der Waals surface area contributed by atoms with Gasteiger partial charge in [-0.1, -0.05) is 29.8 Å². The van der Waals surface area contributed by atoms with Crippen molar-refractivity contribution in [3.05, 3.63) is 83.0 Å². The number of pyridine rings is 1. The number of hydrogen-bond acceptors (Lipinski definition) is 5. The molecule has 2 aromatic carbocycles. The Morgan fingerprint density at radius 3 is 2.64 bits per heavy atom. The van der Waals surface area contributed by atoms with Gasteiger partial charge in [0, 0.05) is 23.3 Å². The molecule has 3 aromatic rings. The van der Waals surface area contributed by atoms with Crippen LogP contribution >= 0.6 is 11.6 Å². The van der Waals surface area contributed by atoms with Crippen LogP contribution in [-0.2, 0) is 6.54 Å². The van der Waals surface area contributed by atoms with Gasteiger partial charge in [-0.05, 0) is 48.0 Å². The van der Waals surface area contributed by atoms with E-state index in [1.165, 1.54) is 0 Å². The Bertz CT molecular complexity index is 979. The third kappa shape index (κ3) is 4.26. The summed E-state index contributed by atoms with van der Waals surface area (Å²) in [6.07, 6.45) is 1.72. The average Bonchev–Trinajstić information content (AvgIpc) is 2.73. The molecule has 0 bridgehead atoms. The largest absolute Gasteiger partial charge is 0.486 e. The van der Waals surface area contributed by atoms with E-state index < -0.39 is 0 Å². The number of halogens is 1. The summed E-state index contributed by atoms with van der Waals surface area (Å²) in [6, 6.07) is 18.5. The fourth-order valence-corrected chi connectivity index (χ4v) is 3.31. The molecule has 0 spiro atoms. The van der Waals surface area contributed by atoms with E-state index in [4.69, 9.17) is 21.1 Å². The Morgan fingerprint density at radius 2 is 1.86 bits per heavy atom. The van der Waals surface area contributed by atoms with E-state index in [1.807, 2.05) is 47.4 Å². The van der Waals surface area contributed by atoms with Gasteiger partial charge in [-0.15, -0.1) is 0 Å². The summed E-state index contributed by atoms with van der Waals surface area (Å²) < 4.78 is 11.1. The second kappa shape index (κ2) is 8.31. The molecule has 0 aliphatic carbocycles. The monoisotopic (exact) mass is 394 g/mol. The Hall–Kier alpha value is -3.05. The maximum Gasteiger partial charge on any atom is 0.182 e. The van der Waals surface area contributed by atoms with E-state index in [-0.39, 0.29) is 12.3 Å². The fraction of sp³-hybridized carbons (Fsp3) is 0.182. The van der Waals surface area contributed by atoms with Gasteiger partial charge in [0.25, 0.3) is 0 Å². The van der Waals surface area contributed by atoms with Crippen molar-refractivity contribution in [3.63, 3.8) is 0 Å². The number of nitrogens with zero attached hydrogens (tertiary/aromatic N) is 2. The summed E-state index contributed by atoms with van der Waals surface area (Å²) >= 11 is 6.12. The van der Waals surface area contributed by atoms with E-state index in [9.17, 15) is 4.79 Å². The highest BCUT2D eigenvalue weighted by Crippen LogP contribution is 2.31. The van der Waals surface area contributed by atoms with Crippen molar-refractivity contribution in [1.29, 1.82) is 0 Å². The number of carbonyl (C=O) groups excluding carboxylic acids is 1. The number of Topliss-reactive ketones (excluding diaryl/α,β-unsaturated/α-hetero) is 1. The molecule has 6 heteroatoms. The standard InChI is InChI=1S/C22H19ClN2O3/c23-18-5-3-4-16(12-18)14-25(22-6-1-2-9-24-22)15-19(26)17-7-8-20-21(13-17)28-11-10-27-20/h1-9,12-13H,10-11,14-15H2. The summed E-state index contributed by atoms with van der Waals surface area (Å²) in [5.41, 5.74) is 1.59. The lowest BCUT2D eigenvalue weighted by Gasteiger charge is -2.24. The predicted molar refractivity (Wildman–Crippen MR) is 109 cm³/mol. The van der Waals surface area contributed by atoms with Crippen LogP contribution in [0.15, 0.2) is 66.9 Å². The Labute approximate surface area is 168 Å². The number of fused-ring (bicyclic) bond motifs is 1. The van der Waals surface area contributed by atoms with Crippen LogP contribution in [0.1, 0.15) is 15.9 Å². The number of ether oxygens (including phenoxy) is 2. The molecule has 142 valence electrons. The van der Waals surface area contributed by atoms with Gasteiger partial charge in [0.15, 0.2) is 17.3 Å². The third-order valence-corrected chi connectivity index (χ3v) is 4.67. The lowest BCUT2D eigenvalue weighted by Crippen LogP contribution is -2.30. The van der Waals surface area contributed by atoms with Crippen molar-refractivity contribution in [3.8, 4) is 11.5 Å². The van der Waals surface area contributed by atoms with Gasteiger partial charge in [0.2, 0.25) is 0 Å². The zero-order valence-corrected chi connectivity index (χ0v) is 15.9. The Kier molecular flexibility index (Phi) is 5.44. The number of ketones is 1. The quantitative estimate of drug-likeness (QED) is 0.580. The first-order valence-corrected chi connectivity index (χ1v) is 9.40. The van der Waals surface area contributed by atoms with Gasteiger partial charge < -0.3 is 14.4 Å². The molecule has 1 aromatic heterocycles. The first-order chi connectivity index (χ1) is 13.7. The molecule has 1 aliphatic heterocycles. The number of carbonyl (C=O) groups is 1. The van der Waals surface area contributed by atoms with E-state index in [2.05, 4.69) is 4.98 Å². The van der Waals surface area contributed by atoms with Gasteiger partial charge in [-0.3, -0.25) is 4.79 Å². The second-order valence-corrected chi connectivity index (χ2v) is 6.89. The van der Waals surface area contributed by atoms with Crippen LogP contribution in [0.25, 0.3) is 0 Å². The zero-order chi connectivity index (χ0) is 19.3. The topological polar surface area (TPSA) is 51.7 Å². The molecular weight excluding hydrogens is 376 g/mol. The summed E-state index contributed by atoms with van der Waals surface area (Å²) in [7, 11) is 0. The molecule has 2 heterocycles. The molecule has 0 N–H and O–H groups in total. The van der Waals surface area contributed by atoms with Crippen LogP contribution in [-0.4, -0.2) is 30.5 Å². The van der Waals surface area contributed by atoms with Gasteiger partial charge >= 0.3 is 0 Å². The highest BCUT2D eigenvalue weighted by molar-refractivity contribution is 6.30. The minimum Gasteiger partial charge on any atom is -0.486 e. The minimum absolute atomic E-state index is 0.0235. The number of aromatic nitrogens is 1. The molecule has 0 saturated carbocycles. The van der Waals surface area contributed by atoms with E-state index in [0.717, 1.165) is 11.4 Å². The van der Waals surface area contributed by atoms with Crippen LogP contribution in [0.2, 0.25) is 5.02 Å². The summed E-state index contributed by atoms with van der Waals surface area (Å²) in [5.74, 6) is 1.98. The molecule has 1 aliphatic rings. The van der Waals surface area contributed by atoms with E-state index >= 15 is 0 Å². The van der Waals surface area contributed by atoms with E-state index in [0.29, 0.717) is 41.8 Å². The van der Waals surface area contributed by atoms with Gasteiger partial charge in [-0.2, -0.15) is 0 Å². The summed E-state index contributed by atoms with van der Waals surface area (Å²) in [5, 5.41) is 0.664. The van der Waals surface area contributed by atoms with Gasteiger partial charge in [0.05, 0.1) is 6.54 Å². The van der Waals surface area contributed by atoms with Crippen molar-refractivity contribution >= 4 is 23.2 Å². The molecule has 0 unspecified atom stereocenters. The summed E-state index contributed by atoms with van der Waals surface area (Å²) in [6.45, 7) is 1.71. The van der Waals surface area contributed by atoms with Gasteiger partial charge in [0.1, 0.15) is 19.0 Å². The zero-order valence-electron chi connectivity index (χ0n) is 15.2. The van der Waals surface area contributed by atoms with Crippen LogP contribution < -0.4 is 14.4 Å². The number of benzene rings is 2. The summed E-state index contributed by atoms with van der Waals surface area (Å²) in [4.78, 5) is 19.3. The molecule has 4 rings (SSSR count). The normalized spacial score (nSPS) is 12.5. The molecular formula is C22H19ClN2O3. The van der Waals surface area contributed by atoms with Gasteiger partial charge in [-0.25, -0.2) is 4.98 Å². The number of anilines is 1. The average molecular weight is 395 g/mol. The highest BCUT2D eigenvalue weighted by atomic mass is 35.5. The molecule has 0 atom stereocenters. The molecule has 0 amide bonds. The molecule has 0 radical (unpaired) electrons. The van der Waals surface area contributed by atoms with Crippen LogP contribution in [0, 0.1) is 0 Å². The molecule has 0 saturated heterocycles. The SMILES string of the molecule is O=C(CN(Cc1cccc(Cl)c1)c1ccccn1)c1ccc2c(c1)OCCO2. The molecule has 0 fully saturated rings. The Balaban J connectivity index is 1.57. The van der Waals surface area contributed by atoms with Crippen molar-refractivity contribution in [2.45, 2.75) is 6.54 Å². The predicted octanol–water partition coefficient (Wildman–Crippen LogP) is 4.40. The van der Waals surface area contributed by atoms with Crippen LogP contribution in [0.4, 0.5) is 5.82 Å². The van der Waals surface area contributed by atoms with Crippen LogP contribution in [0.5, 0.6) is 11.5 Å². The highest BCUT2D eigenvalue weighted by Gasteiger charge is 2.18. The van der Waals surface area contributed by atoms with Crippen molar-refractivity contribution in [1.82, 2.24) is 4.98 Å². The number of hydrogen-bond donors (Lipinski definition) is 0. The number of rotatable bonds is 6. The van der Waals surface area contributed by atoms with Crippen molar-refractivity contribution in [2.24, 2.45) is 0 Å². The third-order valence-electron chi connectivity index (χ3n) is 4.43. The van der Waals surface area contributed by atoms with E-state index in [1.54, 1.807) is 24.4 Å². The Morgan fingerprint density at radius 1 is 1.00 bits per heavy atom.